The van der Waals surface area contributed by atoms with Crippen LogP contribution in [0.15, 0.2) is 73.1 Å². The number of hydrogen-bond donors (Lipinski definition) is 0. The minimum absolute atomic E-state index is 0.134. The Morgan fingerprint density at radius 1 is 0.886 bits per heavy atom. The van der Waals surface area contributed by atoms with E-state index in [9.17, 15) is 4.79 Å². The average molecular weight is 472 g/mol. The number of pyridine rings is 1. The molecule has 1 spiro atoms. The van der Waals surface area contributed by atoms with Crippen LogP contribution in [0.1, 0.15) is 41.6 Å². The molecule has 6 nitrogen and oxygen atoms in total. The van der Waals surface area contributed by atoms with Crippen molar-refractivity contribution in [3.8, 4) is 17.2 Å². The zero-order valence-corrected chi connectivity index (χ0v) is 20.4. The molecule has 0 saturated carbocycles. The Balaban J connectivity index is 1.13. The fourth-order valence-electron chi connectivity index (χ4n) is 5.34. The van der Waals surface area contributed by atoms with Crippen molar-refractivity contribution in [1.29, 1.82) is 0 Å². The number of piperidine rings is 2. The maximum absolute atomic E-state index is 12.8. The van der Waals surface area contributed by atoms with Crippen molar-refractivity contribution in [3.05, 3.63) is 84.2 Å². The topological polar surface area (TPSA) is 54.9 Å². The van der Waals surface area contributed by atoms with Crippen LogP contribution in [0.2, 0.25) is 0 Å². The van der Waals surface area contributed by atoms with E-state index in [1.807, 2.05) is 47.4 Å². The number of carbonyl (C=O) groups is 1. The predicted molar refractivity (Wildman–Crippen MR) is 136 cm³/mol. The van der Waals surface area contributed by atoms with Crippen LogP contribution in [0.4, 0.5) is 0 Å². The van der Waals surface area contributed by atoms with Gasteiger partial charge in [-0.3, -0.25) is 14.7 Å². The quantitative estimate of drug-likeness (QED) is 0.482. The van der Waals surface area contributed by atoms with Crippen LogP contribution >= 0.6 is 0 Å². The highest BCUT2D eigenvalue weighted by molar-refractivity contribution is 5.94. The average Bonchev–Trinajstić information content (AvgIpc) is 2.91. The Morgan fingerprint density at radius 3 is 2.29 bits per heavy atom. The first-order valence-electron chi connectivity index (χ1n) is 12.5. The fraction of sp³-hybridized carbons (Fsp3) is 0.379. The first-order valence-corrected chi connectivity index (χ1v) is 12.5. The van der Waals surface area contributed by atoms with Gasteiger partial charge in [0, 0.05) is 37.6 Å². The Hall–Kier alpha value is -3.38. The van der Waals surface area contributed by atoms with Gasteiger partial charge in [-0.25, -0.2) is 0 Å². The smallest absolute Gasteiger partial charge is 0.253 e. The van der Waals surface area contributed by atoms with Crippen LogP contribution in [-0.4, -0.2) is 54.0 Å². The highest BCUT2D eigenvalue weighted by atomic mass is 16.5. The minimum Gasteiger partial charge on any atom is -0.493 e. The summed E-state index contributed by atoms with van der Waals surface area (Å²) < 4.78 is 11.5. The Bertz CT molecular complexity index is 1130. The normalized spacial score (nSPS) is 17.8. The summed E-state index contributed by atoms with van der Waals surface area (Å²) in [5.74, 6) is 2.41. The van der Waals surface area contributed by atoms with Crippen LogP contribution < -0.4 is 9.47 Å². The molecule has 2 aliphatic rings. The van der Waals surface area contributed by atoms with Crippen molar-refractivity contribution in [2.24, 2.45) is 5.41 Å². The first-order chi connectivity index (χ1) is 17.1. The molecule has 3 heterocycles. The molecule has 0 aliphatic carbocycles. The second-order valence-corrected chi connectivity index (χ2v) is 9.70. The molecule has 1 amide bonds. The van der Waals surface area contributed by atoms with Crippen molar-refractivity contribution in [1.82, 2.24) is 14.8 Å². The van der Waals surface area contributed by atoms with Gasteiger partial charge < -0.3 is 14.4 Å². The van der Waals surface area contributed by atoms with Gasteiger partial charge in [-0.2, -0.15) is 0 Å². The molecule has 1 aromatic heterocycles. The van der Waals surface area contributed by atoms with Gasteiger partial charge in [0.15, 0.2) is 11.5 Å². The summed E-state index contributed by atoms with van der Waals surface area (Å²) in [6, 6.07) is 19.7. The second-order valence-electron chi connectivity index (χ2n) is 9.70. The highest BCUT2D eigenvalue weighted by Crippen LogP contribution is 2.42. The lowest BCUT2D eigenvalue weighted by atomic mass is 9.71. The van der Waals surface area contributed by atoms with Crippen LogP contribution in [0.5, 0.6) is 17.2 Å². The largest absolute Gasteiger partial charge is 0.493 e. The molecule has 2 saturated heterocycles. The van der Waals surface area contributed by atoms with E-state index in [2.05, 4.69) is 28.1 Å². The molecule has 0 atom stereocenters. The Kier molecular flexibility index (Phi) is 7.00. The van der Waals surface area contributed by atoms with Crippen molar-refractivity contribution >= 4 is 5.91 Å². The number of amides is 1. The number of benzene rings is 2. The molecule has 3 aromatic rings. The Morgan fingerprint density at radius 2 is 1.57 bits per heavy atom. The van der Waals surface area contributed by atoms with E-state index in [4.69, 9.17) is 9.47 Å². The number of ether oxygens (including phenoxy) is 2. The van der Waals surface area contributed by atoms with Gasteiger partial charge >= 0.3 is 0 Å². The van der Waals surface area contributed by atoms with Gasteiger partial charge in [0.25, 0.3) is 5.91 Å². The van der Waals surface area contributed by atoms with Gasteiger partial charge in [0.1, 0.15) is 5.75 Å². The van der Waals surface area contributed by atoms with E-state index in [1.54, 1.807) is 19.5 Å². The number of carbonyl (C=O) groups excluding carboxylic acids is 1. The lowest BCUT2D eigenvalue weighted by Gasteiger charge is -2.47. The van der Waals surface area contributed by atoms with Gasteiger partial charge in [-0.05, 0) is 86.1 Å². The number of hydrogen-bond acceptors (Lipinski definition) is 5. The summed E-state index contributed by atoms with van der Waals surface area (Å²) in [5.41, 5.74) is 2.37. The number of para-hydroxylation sites is 2. The maximum atomic E-state index is 12.8. The van der Waals surface area contributed by atoms with E-state index in [-0.39, 0.29) is 5.91 Å². The van der Waals surface area contributed by atoms with Gasteiger partial charge in [-0.15, -0.1) is 0 Å². The molecule has 6 heteroatoms. The molecular weight excluding hydrogens is 438 g/mol. The molecule has 182 valence electrons. The fourth-order valence-corrected chi connectivity index (χ4v) is 5.34. The van der Waals surface area contributed by atoms with Crippen molar-refractivity contribution in [2.45, 2.75) is 32.2 Å². The summed E-state index contributed by atoms with van der Waals surface area (Å²) in [7, 11) is 1.66. The molecule has 2 aromatic carbocycles. The number of likely N-dealkylation sites (tertiary alicyclic amines) is 2. The summed E-state index contributed by atoms with van der Waals surface area (Å²) in [5, 5.41) is 0. The Labute approximate surface area is 207 Å². The van der Waals surface area contributed by atoms with Crippen LogP contribution in [0.3, 0.4) is 0 Å². The van der Waals surface area contributed by atoms with Gasteiger partial charge in [0.2, 0.25) is 0 Å². The number of aromatic nitrogens is 1. The summed E-state index contributed by atoms with van der Waals surface area (Å²) in [6.45, 7) is 4.81. The molecule has 2 fully saturated rings. The summed E-state index contributed by atoms with van der Waals surface area (Å²) >= 11 is 0. The molecule has 0 bridgehead atoms. The third-order valence-electron chi connectivity index (χ3n) is 7.56. The monoisotopic (exact) mass is 471 g/mol. The van der Waals surface area contributed by atoms with Crippen molar-refractivity contribution < 1.29 is 14.3 Å². The maximum Gasteiger partial charge on any atom is 0.253 e. The van der Waals surface area contributed by atoms with E-state index in [0.717, 1.165) is 68.4 Å². The highest BCUT2D eigenvalue weighted by Gasteiger charge is 2.38. The van der Waals surface area contributed by atoms with E-state index in [1.165, 1.54) is 18.4 Å². The number of methoxy groups -OCH3 is 1. The zero-order valence-electron chi connectivity index (χ0n) is 20.4. The molecule has 0 N–H and O–H groups in total. The van der Waals surface area contributed by atoms with Gasteiger partial charge in [0.05, 0.1) is 7.11 Å². The lowest BCUT2D eigenvalue weighted by Crippen LogP contribution is -2.48. The third-order valence-corrected chi connectivity index (χ3v) is 7.56. The minimum atomic E-state index is 0.134. The van der Waals surface area contributed by atoms with E-state index < -0.39 is 0 Å². The molecule has 2 aliphatic heterocycles. The van der Waals surface area contributed by atoms with Crippen LogP contribution in [0.25, 0.3) is 0 Å². The van der Waals surface area contributed by atoms with Crippen molar-refractivity contribution in [3.63, 3.8) is 0 Å². The zero-order chi connectivity index (χ0) is 24.1. The standard InChI is InChI=1S/C29H33N3O3/c1-34-26-7-2-3-8-27(26)35-25-6-4-5-23(21-25)22-31-17-11-29(12-18-31)13-19-32(20-14-29)28(33)24-9-15-30-16-10-24/h2-10,15-16,21H,11-14,17-20,22H2,1H3. The SMILES string of the molecule is COc1ccccc1Oc1cccc(CN2CCC3(CC2)CCN(C(=O)c2ccncc2)CC3)c1. The van der Waals surface area contributed by atoms with Crippen molar-refractivity contribution in [2.75, 3.05) is 33.3 Å². The molecule has 0 radical (unpaired) electrons. The third kappa shape index (κ3) is 5.49. The molecular formula is C29H33N3O3. The van der Waals surface area contributed by atoms with Crippen LogP contribution in [-0.2, 0) is 6.54 Å². The second kappa shape index (κ2) is 10.5. The first kappa shape index (κ1) is 23.4. The number of nitrogens with zero attached hydrogens (tertiary/aromatic N) is 3. The molecule has 0 unspecified atom stereocenters. The van der Waals surface area contributed by atoms with E-state index in [0.29, 0.717) is 5.41 Å². The summed E-state index contributed by atoms with van der Waals surface area (Å²) in [4.78, 5) is 21.4. The van der Waals surface area contributed by atoms with E-state index >= 15 is 0 Å². The number of rotatable bonds is 6. The predicted octanol–water partition coefficient (Wildman–Crippen LogP) is 5.40. The lowest BCUT2D eigenvalue weighted by molar-refractivity contribution is 0.0285. The summed E-state index contributed by atoms with van der Waals surface area (Å²) in [6.07, 6.45) is 7.96. The molecule has 35 heavy (non-hydrogen) atoms. The van der Waals surface area contributed by atoms with Crippen LogP contribution in [0, 0.1) is 5.41 Å². The molecule has 5 rings (SSSR count). The van der Waals surface area contributed by atoms with Gasteiger partial charge in [-0.1, -0.05) is 24.3 Å².